The molecule has 0 saturated heterocycles. The van der Waals surface area contributed by atoms with Crippen LogP contribution < -0.4 is 5.32 Å². The van der Waals surface area contributed by atoms with Gasteiger partial charge in [0.1, 0.15) is 5.82 Å². The molecular formula is C13H14FN3O. The van der Waals surface area contributed by atoms with Crippen LogP contribution in [0.25, 0.3) is 11.3 Å². The Morgan fingerprint density at radius 3 is 2.89 bits per heavy atom. The Hall–Kier alpha value is -1.85. The molecule has 0 aliphatic carbocycles. The summed E-state index contributed by atoms with van der Waals surface area (Å²) < 4.78 is 13.6. The van der Waals surface area contributed by atoms with Crippen LogP contribution in [-0.2, 0) is 6.54 Å². The largest absolute Gasteiger partial charge is 0.395 e. The summed E-state index contributed by atoms with van der Waals surface area (Å²) in [6, 6.07) is 4.83. The van der Waals surface area contributed by atoms with E-state index in [0.29, 0.717) is 24.3 Å². The first kappa shape index (κ1) is 12.6. The molecule has 0 aliphatic rings. The van der Waals surface area contributed by atoms with Crippen LogP contribution in [0, 0.1) is 5.82 Å². The zero-order valence-electron chi connectivity index (χ0n) is 9.81. The number of aliphatic hydroxyl groups excluding tert-OH is 1. The second-order valence-electron chi connectivity index (χ2n) is 3.80. The molecule has 1 heterocycles. The molecule has 4 nitrogen and oxygen atoms in total. The molecule has 18 heavy (non-hydrogen) atoms. The van der Waals surface area contributed by atoms with Crippen molar-refractivity contribution in [2.75, 3.05) is 13.2 Å². The van der Waals surface area contributed by atoms with Gasteiger partial charge in [0.25, 0.3) is 0 Å². The lowest BCUT2D eigenvalue weighted by Crippen LogP contribution is -2.18. The van der Waals surface area contributed by atoms with Crippen LogP contribution in [0.3, 0.4) is 0 Å². The maximum Gasteiger partial charge on any atom is 0.127 e. The zero-order chi connectivity index (χ0) is 12.8. The Bertz CT molecular complexity index is 505. The van der Waals surface area contributed by atoms with Crippen LogP contribution >= 0.6 is 0 Å². The van der Waals surface area contributed by atoms with Crippen molar-refractivity contribution >= 4 is 0 Å². The van der Waals surface area contributed by atoms with Crippen molar-refractivity contribution in [1.29, 1.82) is 0 Å². The normalized spacial score (nSPS) is 10.6. The number of hydrogen-bond donors (Lipinski definition) is 2. The first-order valence-corrected chi connectivity index (χ1v) is 5.67. The van der Waals surface area contributed by atoms with Gasteiger partial charge in [0.15, 0.2) is 0 Å². The first-order chi connectivity index (χ1) is 8.81. The maximum atomic E-state index is 13.6. The van der Waals surface area contributed by atoms with Crippen LogP contribution in [0.2, 0.25) is 0 Å². The van der Waals surface area contributed by atoms with Gasteiger partial charge in [0.2, 0.25) is 0 Å². The number of rotatable bonds is 5. The van der Waals surface area contributed by atoms with Crippen LogP contribution in [-0.4, -0.2) is 28.2 Å². The molecular weight excluding hydrogens is 233 g/mol. The Morgan fingerprint density at radius 1 is 1.28 bits per heavy atom. The van der Waals surface area contributed by atoms with Crippen molar-refractivity contribution in [3.8, 4) is 11.3 Å². The topological polar surface area (TPSA) is 58.0 Å². The molecule has 0 radical (unpaired) electrons. The molecule has 2 N–H and O–H groups in total. The van der Waals surface area contributed by atoms with E-state index < -0.39 is 0 Å². The quantitative estimate of drug-likeness (QED) is 0.783. The van der Waals surface area contributed by atoms with Crippen molar-refractivity contribution in [2.45, 2.75) is 6.54 Å². The Kier molecular flexibility index (Phi) is 4.33. The van der Waals surface area contributed by atoms with Crippen LogP contribution in [0.5, 0.6) is 0 Å². The number of aliphatic hydroxyl groups is 1. The standard InChI is InChI=1S/C13H14FN3O/c14-12-2-1-10(13-9-15-3-4-17-13)7-11(12)8-16-5-6-18/h1-4,7,9,16,18H,5-6,8H2. The number of nitrogens with zero attached hydrogens (tertiary/aromatic N) is 2. The fourth-order valence-electron chi connectivity index (χ4n) is 1.62. The fourth-order valence-corrected chi connectivity index (χ4v) is 1.62. The van der Waals surface area contributed by atoms with Gasteiger partial charge in [-0.05, 0) is 18.2 Å². The number of benzene rings is 1. The average molecular weight is 247 g/mol. The molecule has 0 saturated carbocycles. The lowest BCUT2D eigenvalue weighted by atomic mass is 10.1. The molecule has 0 aliphatic heterocycles. The molecule has 94 valence electrons. The minimum Gasteiger partial charge on any atom is -0.395 e. The first-order valence-electron chi connectivity index (χ1n) is 5.67. The summed E-state index contributed by atoms with van der Waals surface area (Å²) in [4.78, 5) is 8.15. The van der Waals surface area contributed by atoms with Crippen LogP contribution in [0.4, 0.5) is 4.39 Å². The van der Waals surface area contributed by atoms with Gasteiger partial charge in [-0.2, -0.15) is 0 Å². The van der Waals surface area contributed by atoms with Gasteiger partial charge >= 0.3 is 0 Å². The average Bonchev–Trinajstić information content (AvgIpc) is 2.42. The van der Waals surface area contributed by atoms with E-state index in [1.807, 2.05) is 0 Å². The smallest absolute Gasteiger partial charge is 0.127 e. The lowest BCUT2D eigenvalue weighted by molar-refractivity contribution is 0.291. The van der Waals surface area contributed by atoms with Gasteiger partial charge in [-0.15, -0.1) is 0 Å². The predicted octanol–water partition coefficient (Wildman–Crippen LogP) is 1.36. The fraction of sp³-hybridized carbons (Fsp3) is 0.231. The highest BCUT2D eigenvalue weighted by Crippen LogP contribution is 2.19. The molecule has 0 spiro atoms. The van der Waals surface area contributed by atoms with E-state index in [2.05, 4.69) is 15.3 Å². The van der Waals surface area contributed by atoms with Crippen molar-refractivity contribution in [3.63, 3.8) is 0 Å². The second kappa shape index (κ2) is 6.18. The van der Waals surface area contributed by atoms with Gasteiger partial charge in [-0.3, -0.25) is 9.97 Å². The molecule has 0 fully saturated rings. The van der Waals surface area contributed by atoms with E-state index in [-0.39, 0.29) is 12.4 Å². The van der Waals surface area contributed by atoms with E-state index in [4.69, 9.17) is 5.11 Å². The highest BCUT2D eigenvalue weighted by molar-refractivity contribution is 5.58. The molecule has 0 atom stereocenters. The monoisotopic (exact) mass is 247 g/mol. The second-order valence-corrected chi connectivity index (χ2v) is 3.80. The number of aromatic nitrogens is 2. The van der Waals surface area contributed by atoms with E-state index in [0.717, 1.165) is 5.56 Å². The third kappa shape index (κ3) is 3.09. The Morgan fingerprint density at radius 2 is 2.17 bits per heavy atom. The van der Waals surface area contributed by atoms with E-state index >= 15 is 0 Å². The molecule has 2 rings (SSSR count). The summed E-state index contributed by atoms with van der Waals surface area (Å²) in [7, 11) is 0. The van der Waals surface area contributed by atoms with Crippen LogP contribution in [0.1, 0.15) is 5.56 Å². The predicted molar refractivity (Wildman–Crippen MR) is 66.2 cm³/mol. The summed E-state index contributed by atoms with van der Waals surface area (Å²) in [5, 5.41) is 11.6. The minimum atomic E-state index is -0.270. The van der Waals surface area contributed by atoms with Crippen molar-refractivity contribution in [2.24, 2.45) is 0 Å². The third-order valence-electron chi connectivity index (χ3n) is 2.51. The molecule has 0 unspecified atom stereocenters. The summed E-state index contributed by atoms with van der Waals surface area (Å²) in [5.41, 5.74) is 2.08. The van der Waals surface area contributed by atoms with E-state index in [1.54, 1.807) is 30.7 Å². The van der Waals surface area contributed by atoms with Gasteiger partial charge < -0.3 is 10.4 Å². The molecule has 0 amide bonds. The Labute approximate surface area is 105 Å². The van der Waals surface area contributed by atoms with Crippen molar-refractivity contribution < 1.29 is 9.50 Å². The summed E-state index contributed by atoms with van der Waals surface area (Å²) in [6.07, 6.45) is 4.83. The molecule has 2 aromatic rings. The van der Waals surface area contributed by atoms with Gasteiger partial charge in [0.05, 0.1) is 18.5 Å². The number of hydrogen-bond acceptors (Lipinski definition) is 4. The SMILES string of the molecule is OCCNCc1cc(-c2cnccn2)ccc1F. The minimum absolute atomic E-state index is 0.0332. The highest BCUT2D eigenvalue weighted by atomic mass is 19.1. The summed E-state index contributed by atoms with van der Waals surface area (Å²) in [5.74, 6) is -0.270. The zero-order valence-corrected chi connectivity index (χ0v) is 9.81. The third-order valence-corrected chi connectivity index (χ3v) is 2.51. The Balaban J connectivity index is 2.21. The number of halogens is 1. The summed E-state index contributed by atoms with van der Waals surface area (Å²) >= 11 is 0. The highest BCUT2D eigenvalue weighted by Gasteiger charge is 2.05. The van der Waals surface area contributed by atoms with Gasteiger partial charge in [-0.1, -0.05) is 0 Å². The number of nitrogens with one attached hydrogen (secondary N) is 1. The van der Waals surface area contributed by atoms with Gasteiger partial charge in [-0.25, -0.2) is 4.39 Å². The maximum absolute atomic E-state index is 13.6. The van der Waals surface area contributed by atoms with E-state index in [1.165, 1.54) is 6.07 Å². The molecule has 0 bridgehead atoms. The molecule has 1 aromatic carbocycles. The van der Waals surface area contributed by atoms with Crippen LogP contribution in [0.15, 0.2) is 36.8 Å². The van der Waals surface area contributed by atoms with E-state index in [9.17, 15) is 4.39 Å². The lowest BCUT2D eigenvalue weighted by Gasteiger charge is -2.07. The van der Waals surface area contributed by atoms with Crippen molar-refractivity contribution in [1.82, 2.24) is 15.3 Å². The molecule has 1 aromatic heterocycles. The van der Waals surface area contributed by atoms with Gasteiger partial charge in [0, 0.05) is 36.6 Å². The summed E-state index contributed by atoms with van der Waals surface area (Å²) in [6.45, 7) is 0.848. The molecule has 5 heteroatoms. The van der Waals surface area contributed by atoms with Crippen molar-refractivity contribution in [3.05, 3.63) is 48.2 Å².